The minimum Gasteiger partial charge on any atom is -0.462 e. The van der Waals surface area contributed by atoms with E-state index in [1.165, 1.54) is 24.7 Å². The standard InChI is InChI=1S/C6H7NO2S.C3H4O2/c7-10(8,9)6-4-2-1-3-5-6;1-2-5-3-4-1/h1-5H,(H2,7,8,9);1-2H,3H2. The molecular formula is C9H11NO4S. The van der Waals surface area contributed by atoms with Crippen molar-refractivity contribution >= 4 is 10.0 Å². The zero-order chi connectivity index (χ0) is 11.1. The van der Waals surface area contributed by atoms with Crippen LogP contribution in [0.5, 0.6) is 0 Å². The molecule has 0 unspecified atom stereocenters. The summed E-state index contributed by atoms with van der Waals surface area (Å²) in [5, 5.41) is 4.83. The smallest absolute Gasteiger partial charge is 0.238 e. The quantitative estimate of drug-likeness (QED) is 0.772. The van der Waals surface area contributed by atoms with Crippen molar-refractivity contribution in [1.82, 2.24) is 0 Å². The van der Waals surface area contributed by atoms with E-state index in [-0.39, 0.29) is 4.90 Å². The highest BCUT2D eigenvalue weighted by molar-refractivity contribution is 7.89. The molecule has 0 amide bonds. The third-order valence-corrected chi connectivity index (χ3v) is 2.39. The van der Waals surface area contributed by atoms with Gasteiger partial charge in [0.05, 0.1) is 4.90 Å². The SMILES string of the molecule is C1=COCO1.NS(=O)(=O)c1ccccc1. The molecule has 1 heterocycles. The van der Waals surface area contributed by atoms with Crippen molar-refractivity contribution in [2.75, 3.05) is 6.79 Å². The predicted molar refractivity (Wildman–Crippen MR) is 54.0 cm³/mol. The van der Waals surface area contributed by atoms with E-state index in [1.807, 2.05) is 0 Å². The number of hydrogen-bond donors (Lipinski definition) is 1. The zero-order valence-electron chi connectivity index (χ0n) is 7.87. The summed E-state index contributed by atoms with van der Waals surface area (Å²) in [5.74, 6) is 0. The van der Waals surface area contributed by atoms with Gasteiger partial charge in [-0.15, -0.1) is 0 Å². The fourth-order valence-corrected chi connectivity index (χ4v) is 1.34. The van der Waals surface area contributed by atoms with Crippen LogP contribution in [0.2, 0.25) is 0 Å². The monoisotopic (exact) mass is 229 g/mol. The van der Waals surface area contributed by atoms with E-state index in [0.717, 1.165) is 0 Å². The summed E-state index contributed by atoms with van der Waals surface area (Å²) >= 11 is 0. The Bertz CT molecular complexity index is 407. The fraction of sp³-hybridized carbons (Fsp3) is 0.111. The first-order chi connectivity index (χ1) is 7.11. The minimum atomic E-state index is -3.50. The maximum absolute atomic E-state index is 10.6. The maximum Gasteiger partial charge on any atom is 0.238 e. The highest BCUT2D eigenvalue weighted by Crippen LogP contribution is 2.02. The summed E-state index contributed by atoms with van der Waals surface area (Å²) in [6.45, 7) is 0.389. The molecule has 1 aromatic rings. The Morgan fingerprint density at radius 3 is 1.87 bits per heavy atom. The Hall–Kier alpha value is -1.53. The number of ether oxygens (including phenoxy) is 2. The molecule has 82 valence electrons. The van der Waals surface area contributed by atoms with Crippen LogP contribution in [0.3, 0.4) is 0 Å². The van der Waals surface area contributed by atoms with Crippen LogP contribution < -0.4 is 5.14 Å². The van der Waals surface area contributed by atoms with Crippen molar-refractivity contribution < 1.29 is 17.9 Å². The van der Waals surface area contributed by atoms with E-state index in [0.29, 0.717) is 6.79 Å². The molecule has 1 aromatic carbocycles. The second-order valence-corrected chi connectivity index (χ2v) is 4.14. The Morgan fingerprint density at radius 1 is 1.07 bits per heavy atom. The number of sulfonamides is 1. The topological polar surface area (TPSA) is 78.6 Å². The van der Waals surface area contributed by atoms with Crippen molar-refractivity contribution in [3.63, 3.8) is 0 Å². The molecule has 0 fully saturated rings. The Labute approximate surface area is 88.2 Å². The summed E-state index contributed by atoms with van der Waals surface area (Å²) in [6.07, 6.45) is 3.03. The largest absolute Gasteiger partial charge is 0.462 e. The lowest BCUT2D eigenvalue weighted by molar-refractivity contribution is 0.0920. The number of rotatable bonds is 1. The predicted octanol–water partition coefficient (Wildman–Crippen LogP) is 0.796. The van der Waals surface area contributed by atoms with E-state index in [4.69, 9.17) is 5.14 Å². The van der Waals surface area contributed by atoms with Crippen LogP contribution >= 0.6 is 0 Å². The highest BCUT2D eigenvalue weighted by atomic mass is 32.2. The summed E-state index contributed by atoms with van der Waals surface area (Å²) in [6, 6.07) is 7.89. The van der Waals surface area contributed by atoms with Gasteiger partial charge in [0.25, 0.3) is 0 Å². The summed E-state index contributed by atoms with van der Waals surface area (Å²) in [7, 11) is -3.50. The van der Waals surface area contributed by atoms with E-state index in [9.17, 15) is 8.42 Å². The first kappa shape index (κ1) is 11.5. The van der Waals surface area contributed by atoms with Crippen molar-refractivity contribution in [3.8, 4) is 0 Å². The molecule has 5 nitrogen and oxygen atoms in total. The highest BCUT2D eigenvalue weighted by Gasteiger charge is 2.03. The van der Waals surface area contributed by atoms with Gasteiger partial charge in [-0.25, -0.2) is 13.6 Å². The van der Waals surface area contributed by atoms with Crippen LogP contribution in [0.4, 0.5) is 0 Å². The van der Waals surface area contributed by atoms with Crippen molar-refractivity contribution in [3.05, 3.63) is 42.9 Å². The van der Waals surface area contributed by atoms with Gasteiger partial charge in [-0.05, 0) is 12.1 Å². The molecule has 0 spiro atoms. The summed E-state index contributed by atoms with van der Waals surface area (Å²) < 4.78 is 30.3. The Balaban J connectivity index is 0.000000187. The van der Waals surface area contributed by atoms with Gasteiger partial charge in [0.1, 0.15) is 12.5 Å². The molecule has 15 heavy (non-hydrogen) atoms. The third-order valence-electron chi connectivity index (χ3n) is 1.46. The normalized spacial score (nSPS) is 13.4. The van der Waals surface area contributed by atoms with Gasteiger partial charge in [-0.1, -0.05) is 18.2 Å². The molecule has 0 aromatic heterocycles. The van der Waals surface area contributed by atoms with Gasteiger partial charge in [0, 0.05) is 0 Å². The lowest BCUT2D eigenvalue weighted by Crippen LogP contribution is -2.11. The average Bonchev–Trinajstić information content (AvgIpc) is 2.76. The Kier molecular flexibility index (Phi) is 4.14. The van der Waals surface area contributed by atoms with Gasteiger partial charge in [0.2, 0.25) is 16.8 Å². The fourth-order valence-electron chi connectivity index (χ4n) is 0.807. The molecule has 0 atom stereocenters. The lowest BCUT2D eigenvalue weighted by Gasteiger charge is -1.93. The van der Waals surface area contributed by atoms with E-state index >= 15 is 0 Å². The molecule has 1 aliphatic heterocycles. The molecule has 0 radical (unpaired) electrons. The number of primary sulfonamides is 1. The minimum absolute atomic E-state index is 0.148. The van der Waals surface area contributed by atoms with Crippen LogP contribution in [-0.2, 0) is 19.5 Å². The number of benzene rings is 1. The Morgan fingerprint density at radius 2 is 1.60 bits per heavy atom. The van der Waals surface area contributed by atoms with Crippen molar-refractivity contribution in [2.24, 2.45) is 5.14 Å². The van der Waals surface area contributed by atoms with Crippen molar-refractivity contribution in [1.29, 1.82) is 0 Å². The molecule has 0 saturated carbocycles. The molecule has 0 saturated heterocycles. The first-order valence-corrected chi connectivity index (χ1v) is 5.61. The van der Waals surface area contributed by atoms with Crippen LogP contribution in [-0.4, -0.2) is 15.2 Å². The van der Waals surface area contributed by atoms with Gasteiger partial charge < -0.3 is 9.47 Å². The molecule has 0 bridgehead atoms. The van der Waals surface area contributed by atoms with Gasteiger partial charge >= 0.3 is 0 Å². The second-order valence-electron chi connectivity index (χ2n) is 2.58. The maximum atomic E-state index is 10.6. The number of hydrogen-bond acceptors (Lipinski definition) is 4. The molecule has 1 aliphatic rings. The molecule has 0 aliphatic carbocycles. The molecule has 2 N–H and O–H groups in total. The zero-order valence-corrected chi connectivity index (χ0v) is 8.68. The van der Waals surface area contributed by atoms with Crippen LogP contribution in [0.1, 0.15) is 0 Å². The van der Waals surface area contributed by atoms with E-state index < -0.39 is 10.0 Å². The second kappa shape index (κ2) is 5.38. The average molecular weight is 229 g/mol. The summed E-state index contributed by atoms with van der Waals surface area (Å²) in [5.41, 5.74) is 0. The van der Waals surface area contributed by atoms with Crippen LogP contribution in [0.15, 0.2) is 47.8 Å². The van der Waals surface area contributed by atoms with Crippen LogP contribution in [0.25, 0.3) is 0 Å². The van der Waals surface area contributed by atoms with E-state index in [2.05, 4.69) is 9.47 Å². The molecule has 6 heteroatoms. The van der Waals surface area contributed by atoms with Gasteiger partial charge in [-0.3, -0.25) is 0 Å². The van der Waals surface area contributed by atoms with Crippen molar-refractivity contribution in [2.45, 2.75) is 4.90 Å². The summed E-state index contributed by atoms with van der Waals surface area (Å²) in [4.78, 5) is 0.148. The van der Waals surface area contributed by atoms with Crippen LogP contribution in [0, 0.1) is 0 Å². The van der Waals surface area contributed by atoms with E-state index in [1.54, 1.807) is 18.2 Å². The van der Waals surface area contributed by atoms with Gasteiger partial charge in [-0.2, -0.15) is 0 Å². The lowest BCUT2D eigenvalue weighted by atomic mass is 10.4. The van der Waals surface area contributed by atoms with Gasteiger partial charge in [0.15, 0.2) is 0 Å². The number of nitrogens with two attached hydrogens (primary N) is 1. The molecular weight excluding hydrogens is 218 g/mol. The molecule has 2 rings (SSSR count). The first-order valence-electron chi connectivity index (χ1n) is 4.07. The third kappa shape index (κ3) is 4.48.